The average molecular weight is 449 g/mol. The lowest BCUT2D eigenvalue weighted by Gasteiger charge is -2.35. The van der Waals surface area contributed by atoms with Crippen molar-refractivity contribution in [3.63, 3.8) is 0 Å². The molecule has 0 radical (unpaired) electrons. The highest BCUT2D eigenvalue weighted by Crippen LogP contribution is 2.23. The number of methoxy groups -OCH3 is 2. The van der Waals surface area contributed by atoms with E-state index in [4.69, 9.17) is 9.47 Å². The third-order valence-electron chi connectivity index (χ3n) is 5.83. The Labute approximate surface area is 193 Å². The predicted octanol–water partition coefficient (Wildman–Crippen LogP) is 3.85. The van der Waals surface area contributed by atoms with Gasteiger partial charge in [0.1, 0.15) is 11.5 Å². The number of anilines is 1. The minimum atomic E-state index is -0.235. The van der Waals surface area contributed by atoms with E-state index >= 15 is 0 Å². The molecule has 1 aliphatic rings. The van der Waals surface area contributed by atoms with E-state index < -0.39 is 0 Å². The number of nitrogens with one attached hydrogen (secondary N) is 1. The van der Waals surface area contributed by atoms with E-state index in [2.05, 4.69) is 10.4 Å². The molecule has 1 aromatic heterocycles. The molecule has 1 fully saturated rings. The molecule has 2 heterocycles. The van der Waals surface area contributed by atoms with Crippen LogP contribution in [-0.2, 0) is 6.54 Å². The minimum Gasteiger partial charge on any atom is -0.497 e. The second kappa shape index (κ2) is 10.2. The Morgan fingerprint density at radius 1 is 1.03 bits per heavy atom. The number of hydrogen-bond donors (Lipinski definition) is 1. The van der Waals surface area contributed by atoms with Crippen molar-refractivity contribution < 1.29 is 19.1 Å². The zero-order valence-electron chi connectivity index (χ0n) is 18.9. The lowest BCUT2D eigenvalue weighted by molar-refractivity contribution is 0.0583. The Morgan fingerprint density at radius 3 is 2.45 bits per heavy atom. The van der Waals surface area contributed by atoms with E-state index in [0.29, 0.717) is 41.4 Å². The molecule has 1 atom stereocenters. The van der Waals surface area contributed by atoms with Crippen LogP contribution in [0.1, 0.15) is 40.0 Å². The van der Waals surface area contributed by atoms with Crippen molar-refractivity contribution in [1.29, 1.82) is 0 Å². The van der Waals surface area contributed by atoms with E-state index in [9.17, 15) is 9.59 Å². The van der Waals surface area contributed by atoms with E-state index in [1.54, 1.807) is 61.6 Å². The highest BCUT2D eigenvalue weighted by Gasteiger charge is 2.28. The maximum absolute atomic E-state index is 13.2. The van der Waals surface area contributed by atoms with Crippen molar-refractivity contribution in [2.45, 2.75) is 31.8 Å². The smallest absolute Gasteiger partial charge is 0.255 e. The quantitative estimate of drug-likeness (QED) is 0.593. The highest BCUT2D eigenvalue weighted by molar-refractivity contribution is 6.04. The molecule has 0 spiro atoms. The number of rotatable bonds is 7. The van der Waals surface area contributed by atoms with Crippen LogP contribution in [-0.4, -0.2) is 53.3 Å². The average Bonchev–Trinajstić information content (AvgIpc) is 3.30. The molecule has 0 aliphatic carbocycles. The Hall–Kier alpha value is -3.81. The second-order valence-electron chi connectivity index (χ2n) is 8.02. The third-order valence-corrected chi connectivity index (χ3v) is 5.83. The van der Waals surface area contributed by atoms with Gasteiger partial charge in [0.25, 0.3) is 11.8 Å². The number of benzene rings is 2. The molecular weight excluding hydrogens is 420 g/mol. The van der Waals surface area contributed by atoms with Crippen molar-refractivity contribution in [2.24, 2.45) is 0 Å². The number of carbonyl (C=O) groups is 2. The molecule has 8 nitrogen and oxygen atoms in total. The first kappa shape index (κ1) is 22.4. The molecule has 2 aromatic carbocycles. The number of likely N-dealkylation sites (tertiary alicyclic amines) is 1. The van der Waals surface area contributed by atoms with Crippen LogP contribution >= 0.6 is 0 Å². The molecule has 2 amide bonds. The summed E-state index contributed by atoms with van der Waals surface area (Å²) in [6.07, 6.45) is 6.36. The summed E-state index contributed by atoms with van der Waals surface area (Å²) in [6, 6.07) is 14.2. The summed E-state index contributed by atoms with van der Waals surface area (Å²) in [6.45, 7) is 1.27. The molecule has 1 N–H and O–H groups in total. The number of piperidine rings is 1. The van der Waals surface area contributed by atoms with E-state index in [1.807, 2.05) is 23.1 Å². The summed E-state index contributed by atoms with van der Waals surface area (Å²) in [5, 5.41) is 7.27. The Balaban J connectivity index is 1.43. The maximum atomic E-state index is 13.2. The molecule has 3 aromatic rings. The molecule has 1 saturated heterocycles. The van der Waals surface area contributed by atoms with Crippen molar-refractivity contribution in [2.75, 3.05) is 26.1 Å². The fourth-order valence-electron chi connectivity index (χ4n) is 4.09. The van der Waals surface area contributed by atoms with Crippen LogP contribution in [0.5, 0.6) is 11.5 Å². The van der Waals surface area contributed by atoms with Gasteiger partial charge in [-0.2, -0.15) is 5.10 Å². The van der Waals surface area contributed by atoms with Crippen LogP contribution in [0.4, 0.5) is 5.69 Å². The normalized spacial score (nSPS) is 15.7. The van der Waals surface area contributed by atoms with Crippen molar-refractivity contribution >= 4 is 17.5 Å². The fraction of sp³-hybridized carbons (Fsp3) is 0.320. The van der Waals surface area contributed by atoms with Gasteiger partial charge in [0.15, 0.2) is 0 Å². The lowest BCUT2D eigenvalue weighted by Crippen LogP contribution is -2.45. The molecule has 33 heavy (non-hydrogen) atoms. The molecule has 8 heteroatoms. The highest BCUT2D eigenvalue weighted by atomic mass is 16.5. The van der Waals surface area contributed by atoms with Gasteiger partial charge in [-0.15, -0.1) is 0 Å². The van der Waals surface area contributed by atoms with Crippen LogP contribution in [0.3, 0.4) is 0 Å². The van der Waals surface area contributed by atoms with Gasteiger partial charge < -0.3 is 19.7 Å². The summed E-state index contributed by atoms with van der Waals surface area (Å²) in [7, 11) is 3.16. The largest absolute Gasteiger partial charge is 0.497 e. The van der Waals surface area contributed by atoms with Crippen molar-refractivity contribution in [3.05, 3.63) is 72.1 Å². The van der Waals surface area contributed by atoms with Crippen LogP contribution in [0.25, 0.3) is 0 Å². The number of hydrogen-bond acceptors (Lipinski definition) is 5. The summed E-state index contributed by atoms with van der Waals surface area (Å²) in [5.74, 6) is 1.05. The first-order valence-electron chi connectivity index (χ1n) is 11.0. The first-order valence-corrected chi connectivity index (χ1v) is 11.0. The zero-order valence-corrected chi connectivity index (χ0v) is 18.9. The van der Waals surface area contributed by atoms with Gasteiger partial charge in [0, 0.05) is 23.9 Å². The monoisotopic (exact) mass is 448 g/mol. The summed E-state index contributed by atoms with van der Waals surface area (Å²) in [4.78, 5) is 27.7. The summed E-state index contributed by atoms with van der Waals surface area (Å²) < 4.78 is 12.2. The van der Waals surface area contributed by atoms with Crippen molar-refractivity contribution in [3.8, 4) is 11.5 Å². The second-order valence-corrected chi connectivity index (χ2v) is 8.02. The first-order chi connectivity index (χ1) is 16.1. The fourth-order valence-corrected chi connectivity index (χ4v) is 4.09. The Kier molecular flexibility index (Phi) is 6.92. The minimum absolute atomic E-state index is 0.00249. The Bertz CT molecular complexity index is 1130. The third kappa shape index (κ3) is 5.34. The lowest BCUT2D eigenvalue weighted by atomic mass is 10.0. The number of ether oxygens (including phenoxy) is 2. The topological polar surface area (TPSA) is 85.7 Å². The van der Waals surface area contributed by atoms with Crippen LogP contribution < -0.4 is 14.8 Å². The van der Waals surface area contributed by atoms with E-state index in [0.717, 1.165) is 19.3 Å². The van der Waals surface area contributed by atoms with Gasteiger partial charge >= 0.3 is 0 Å². The van der Waals surface area contributed by atoms with Crippen LogP contribution in [0.15, 0.2) is 60.9 Å². The summed E-state index contributed by atoms with van der Waals surface area (Å²) in [5.41, 5.74) is 1.72. The Morgan fingerprint density at radius 2 is 1.73 bits per heavy atom. The zero-order chi connectivity index (χ0) is 23.2. The maximum Gasteiger partial charge on any atom is 0.255 e. The van der Waals surface area contributed by atoms with Gasteiger partial charge in [-0.25, -0.2) is 0 Å². The number of aromatic nitrogens is 2. The molecule has 4 rings (SSSR count). The van der Waals surface area contributed by atoms with Crippen molar-refractivity contribution in [1.82, 2.24) is 14.7 Å². The molecule has 1 aliphatic heterocycles. The van der Waals surface area contributed by atoms with Gasteiger partial charge in [0.2, 0.25) is 0 Å². The standard InChI is InChI=1S/C25H28N4O4/c1-32-22-10-5-7-18(13-22)24(30)27-20-15-26-28(16-20)17-21-9-3-4-12-29(21)25(31)19-8-6-11-23(14-19)33-2/h5-8,10-11,13-16,21H,3-4,9,12,17H2,1-2H3,(H,27,30). The van der Waals surface area contributed by atoms with Crippen LogP contribution in [0.2, 0.25) is 0 Å². The molecule has 172 valence electrons. The molecule has 0 bridgehead atoms. The number of nitrogens with zero attached hydrogens (tertiary/aromatic N) is 3. The van der Waals surface area contributed by atoms with Gasteiger partial charge in [0.05, 0.1) is 38.7 Å². The number of carbonyl (C=O) groups excluding carboxylic acids is 2. The summed E-state index contributed by atoms with van der Waals surface area (Å²) >= 11 is 0. The molecule has 0 saturated carbocycles. The molecular formula is C25H28N4O4. The predicted molar refractivity (Wildman–Crippen MR) is 125 cm³/mol. The van der Waals surface area contributed by atoms with Crippen LogP contribution in [0, 0.1) is 0 Å². The van der Waals surface area contributed by atoms with Gasteiger partial charge in [-0.05, 0) is 55.7 Å². The SMILES string of the molecule is COc1cccc(C(=O)Nc2cnn(CC3CCCCN3C(=O)c3cccc(OC)c3)c2)c1. The molecule has 1 unspecified atom stereocenters. The number of amides is 2. The van der Waals surface area contributed by atoms with Gasteiger partial charge in [-0.1, -0.05) is 12.1 Å². The van der Waals surface area contributed by atoms with E-state index in [1.165, 1.54) is 0 Å². The van der Waals surface area contributed by atoms with Gasteiger partial charge in [-0.3, -0.25) is 14.3 Å². The van der Waals surface area contributed by atoms with E-state index in [-0.39, 0.29) is 17.9 Å².